The fraction of sp³-hybridized carbons (Fsp3) is 0.333. The van der Waals surface area contributed by atoms with Crippen LogP contribution in [-0.4, -0.2) is 24.5 Å². The summed E-state index contributed by atoms with van der Waals surface area (Å²) in [5.41, 5.74) is 5.15. The van der Waals surface area contributed by atoms with E-state index in [-0.39, 0.29) is 11.2 Å². The number of hydrogen-bond donors (Lipinski definition) is 1. The smallest absolute Gasteiger partial charge is 0.130 e. The maximum absolute atomic E-state index is 13.9. The third-order valence-corrected chi connectivity index (χ3v) is 6.53. The summed E-state index contributed by atoms with van der Waals surface area (Å²) in [4.78, 5) is 2.51. The predicted molar refractivity (Wildman–Crippen MR) is 116 cm³/mol. The maximum atomic E-state index is 13.9. The van der Waals surface area contributed by atoms with E-state index >= 15 is 0 Å². The number of hydrogen-bond acceptors (Lipinski definition) is 2. The highest BCUT2D eigenvalue weighted by molar-refractivity contribution is 6.30. The van der Waals surface area contributed by atoms with Crippen LogP contribution in [0.4, 0.5) is 10.1 Å². The second-order valence-electron chi connectivity index (χ2n) is 7.88. The van der Waals surface area contributed by atoms with Gasteiger partial charge in [0.15, 0.2) is 0 Å². The van der Waals surface area contributed by atoms with Gasteiger partial charge in [0.2, 0.25) is 0 Å². The average molecular weight is 397 g/mol. The zero-order valence-electron chi connectivity index (χ0n) is 16.1. The van der Waals surface area contributed by atoms with Crippen molar-refractivity contribution in [2.75, 3.05) is 25.0 Å². The van der Waals surface area contributed by atoms with Gasteiger partial charge in [0.05, 0.1) is 0 Å². The standard InChI is InChI=1S/C24H26ClFN2/c1-3-19-7-6-18(15-22(19)26)5-4-12-28-13-10-24(11-14-28)17(2)27-23-9-8-20(25)16-21(23)24/h3,6-9,15-16,27H,1-2,4-5,10-14H2. The first kappa shape index (κ1) is 19.2. The van der Waals surface area contributed by atoms with E-state index in [1.54, 1.807) is 12.1 Å². The molecule has 4 heteroatoms. The zero-order valence-corrected chi connectivity index (χ0v) is 16.9. The second-order valence-corrected chi connectivity index (χ2v) is 8.32. The molecule has 2 aromatic carbocycles. The Bertz CT molecular complexity index is 913. The maximum Gasteiger partial charge on any atom is 0.130 e. The van der Waals surface area contributed by atoms with Gasteiger partial charge in [-0.1, -0.05) is 43.0 Å². The first-order valence-electron chi connectivity index (χ1n) is 9.91. The van der Waals surface area contributed by atoms with Crippen LogP contribution >= 0.6 is 11.6 Å². The Hall–Kier alpha value is -2.10. The molecule has 0 radical (unpaired) electrons. The molecule has 0 aliphatic carbocycles. The zero-order chi connectivity index (χ0) is 19.7. The first-order valence-corrected chi connectivity index (χ1v) is 10.3. The van der Waals surface area contributed by atoms with E-state index in [9.17, 15) is 4.39 Å². The number of aryl methyl sites for hydroxylation is 1. The first-order chi connectivity index (χ1) is 13.5. The van der Waals surface area contributed by atoms with Crippen LogP contribution in [-0.2, 0) is 11.8 Å². The van der Waals surface area contributed by atoms with Crippen LogP contribution in [0, 0.1) is 5.82 Å². The van der Waals surface area contributed by atoms with Crippen LogP contribution in [0.5, 0.6) is 0 Å². The minimum absolute atomic E-state index is 0.000378. The summed E-state index contributed by atoms with van der Waals surface area (Å²) in [6, 6.07) is 11.5. The second kappa shape index (κ2) is 7.73. The fourth-order valence-corrected chi connectivity index (χ4v) is 4.77. The quantitative estimate of drug-likeness (QED) is 0.663. The number of piperidine rings is 1. The van der Waals surface area contributed by atoms with Gasteiger partial charge in [-0.25, -0.2) is 4.39 Å². The van der Waals surface area contributed by atoms with Gasteiger partial charge >= 0.3 is 0 Å². The molecule has 1 saturated heterocycles. The number of likely N-dealkylation sites (tertiary alicyclic amines) is 1. The minimum atomic E-state index is -0.183. The molecule has 0 amide bonds. The van der Waals surface area contributed by atoms with Crippen LogP contribution in [0.2, 0.25) is 5.02 Å². The fourth-order valence-electron chi connectivity index (χ4n) is 4.59. The van der Waals surface area contributed by atoms with Crippen LogP contribution in [0.25, 0.3) is 6.08 Å². The predicted octanol–water partition coefficient (Wildman–Crippen LogP) is 6.03. The number of anilines is 1. The summed E-state index contributed by atoms with van der Waals surface area (Å²) in [7, 11) is 0. The lowest BCUT2D eigenvalue weighted by atomic mass is 9.72. The highest BCUT2D eigenvalue weighted by Crippen LogP contribution is 2.50. The van der Waals surface area contributed by atoms with Gasteiger partial charge in [0, 0.05) is 27.4 Å². The van der Waals surface area contributed by atoms with E-state index in [1.165, 1.54) is 5.56 Å². The summed E-state index contributed by atoms with van der Waals surface area (Å²) in [5.74, 6) is -0.183. The molecule has 1 N–H and O–H groups in total. The van der Waals surface area contributed by atoms with Gasteiger partial charge in [-0.15, -0.1) is 0 Å². The Morgan fingerprint density at radius 2 is 1.96 bits per heavy atom. The molecule has 0 unspecified atom stereocenters. The highest BCUT2D eigenvalue weighted by atomic mass is 35.5. The van der Waals surface area contributed by atoms with Crippen molar-refractivity contribution in [3.8, 4) is 0 Å². The van der Waals surface area contributed by atoms with E-state index in [1.807, 2.05) is 18.2 Å². The summed E-state index contributed by atoms with van der Waals surface area (Å²) < 4.78 is 13.9. The SMILES string of the molecule is C=Cc1ccc(CCCN2CCC3(CC2)C(=C)Nc2ccc(Cl)cc23)cc1F. The van der Waals surface area contributed by atoms with Crippen molar-refractivity contribution in [3.05, 3.63) is 82.8 Å². The third kappa shape index (κ3) is 3.49. The number of fused-ring (bicyclic) bond motifs is 2. The Balaban J connectivity index is 1.34. The molecule has 0 atom stereocenters. The molecule has 0 bridgehead atoms. The van der Waals surface area contributed by atoms with Crippen molar-refractivity contribution >= 4 is 23.4 Å². The van der Waals surface area contributed by atoms with Gasteiger partial charge in [-0.3, -0.25) is 0 Å². The summed E-state index contributed by atoms with van der Waals surface area (Å²) in [6.07, 6.45) is 5.58. The molecule has 0 aromatic heterocycles. The third-order valence-electron chi connectivity index (χ3n) is 6.29. The topological polar surface area (TPSA) is 15.3 Å². The molecule has 2 aliphatic rings. The number of allylic oxidation sites excluding steroid dienone is 1. The van der Waals surface area contributed by atoms with Crippen molar-refractivity contribution in [3.63, 3.8) is 0 Å². The van der Waals surface area contributed by atoms with E-state index < -0.39 is 0 Å². The van der Waals surface area contributed by atoms with E-state index in [0.29, 0.717) is 5.56 Å². The van der Waals surface area contributed by atoms with Gasteiger partial charge in [-0.05, 0) is 80.7 Å². The van der Waals surface area contributed by atoms with Gasteiger partial charge in [-0.2, -0.15) is 0 Å². The normalized spacial score (nSPS) is 18.1. The van der Waals surface area contributed by atoms with Crippen molar-refractivity contribution in [2.24, 2.45) is 0 Å². The van der Waals surface area contributed by atoms with Crippen LogP contribution in [0.15, 0.2) is 55.3 Å². The molecule has 4 rings (SSSR count). The molecule has 146 valence electrons. The molecule has 2 nitrogen and oxygen atoms in total. The van der Waals surface area contributed by atoms with Crippen molar-refractivity contribution in [2.45, 2.75) is 31.1 Å². The van der Waals surface area contributed by atoms with Gasteiger partial charge < -0.3 is 10.2 Å². The molecule has 1 fully saturated rings. The molecule has 2 heterocycles. The molecule has 2 aliphatic heterocycles. The van der Waals surface area contributed by atoms with Gasteiger partial charge in [0.25, 0.3) is 0 Å². The van der Waals surface area contributed by atoms with Crippen molar-refractivity contribution < 1.29 is 4.39 Å². The number of halogens is 2. The van der Waals surface area contributed by atoms with Crippen LogP contribution in [0.3, 0.4) is 0 Å². The minimum Gasteiger partial charge on any atom is -0.358 e. The Labute approximate surface area is 171 Å². The highest BCUT2D eigenvalue weighted by Gasteiger charge is 2.44. The average Bonchev–Trinajstić information content (AvgIpc) is 2.95. The Morgan fingerprint density at radius 3 is 2.68 bits per heavy atom. The number of benzene rings is 2. The lowest BCUT2D eigenvalue weighted by molar-refractivity contribution is 0.179. The van der Waals surface area contributed by atoms with Gasteiger partial charge in [0.1, 0.15) is 5.82 Å². The molecular formula is C24H26ClFN2. The number of rotatable bonds is 5. The lowest BCUT2D eigenvalue weighted by Crippen LogP contribution is -2.43. The molecule has 2 aromatic rings. The van der Waals surface area contributed by atoms with Crippen molar-refractivity contribution in [1.82, 2.24) is 4.90 Å². The molecular weight excluding hydrogens is 371 g/mol. The molecule has 1 spiro atoms. The molecule has 0 saturated carbocycles. The number of nitrogens with one attached hydrogen (secondary N) is 1. The van der Waals surface area contributed by atoms with E-state index in [0.717, 1.165) is 67.3 Å². The Morgan fingerprint density at radius 1 is 1.18 bits per heavy atom. The summed E-state index contributed by atoms with van der Waals surface area (Å²) in [6.45, 7) is 11.1. The number of nitrogens with zero attached hydrogens (tertiary/aromatic N) is 1. The van der Waals surface area contributed by atoms with Crippen LogP contribution < -0.4 is 5.32 Å². The van der Waals surface area contributed by atoms with E-state index in [4.69, 9.17) is 11.6 Å². The summed E-state index contributed by atoms with van der Waals surface area (Å²) in [5, 5.41) is 4.25. The molecule has 28 heavy (non-hydrogen) atoms. The Kier molecular flexibility index (Phi) is 5.31. The van der Waals surface area contributed by atoms with Crippen LogP contribution in [0.1, 0.15) is 36.0 Å². The van der Waals surface area contributed by atoms with E-state index in [2.05, 4.69) is 35.5 Å². The largest absolute Gasteiger partial charge is 0.358 e. The lowest BCUT2D eigenvalue weighted by Gasteiger charge is -2.40. The summed E-state index contributed by atoms with van der Waals surface area (Å²) >= 11 is 6.26. The monoisotopic (exact) mass is 396 g/mol. The van der Waals surface area contributed by atoms with Crippen molar-refractivity contribution in [1.29, 1.82) is 0 Å².